The molecule has 1 N–H and O–H groups in total. The van der Waals surface area contributed by atoms with Gasteiger partial charge in [-0.05, 0) is 38.5 Å². The number of morpholine rings is 1. The Morgan fingerprint density at radius 1 is 1.00 bits per heavy atom. The van der Waals surface area contributed by atoms with Crippen molar-refractivity contribution >= 4 is 5.91 Å². The Bertz CT molecular complexity index is 432. The number of amides is 1. The molecule has 0 unspecified atom stereocenters. The highest BCUT2D eigenvalue weighted by atomic mass is 16.5. The fourth-order valence-electron chi connectivity index (χ4n) is 5.10. The first-order valence-corrected chi connectivity index (χ1v) is 10.1. The molecule has 2 aliphatic carbocycles. The SMILES string of the molecule is O=C(CC1(N2CCOCC2)CCCC1)NC1CCN(C2CC2)CC1. The van der Waals surface area contributed by atoms with Gasteiger partial charge in [-0.3, -0.25) is 9.69 Å². The number of hydrogen-bond acceptors (Lipinski definition) is 4. The Morgan fingerprint density at radius 3 is 2.29 bits per heavy atom. The van der Waals surface area contributed by atoms with Gasteiger partial charge < -0.3 is 15.0 Å². The number of hydrogen-bond donors (Lipinski definition) is 1. The lowest BCUT2D eigenvalue weighted by atomic mass is 9.89. The van der Waals surface area contributed by atoms with E-state index in [-0.39, 0.29) is 11.4 Å². The van der Waals surface area contributed by atoms with Crippen molar-refractivity contribution < 1.29 is 9.53 Å². The van der Waals surface area contributed by atoms with E-state index < -0.39 is 0 Å². The highest BCUT2D eigenvalue weighted by Crippen LogP contribution is 2.38. The van der Waals surface area contributed by atoms with Gasteiger partial charge in [0.05, 0.1) is 13.2 Å². The summed E-state index contributed by atoms with van der Waals surface area (Å²) < 4.78 is 5.52. The van der Waals surface area contributed by atoms with E-state index in [0.717, 1.165) is 45.2 Å². The summed E-state index contributed by atoms with van der Waals surface area (Å²) in [4.78, 5) is 17.9. The molecule has 1 amide bonds. The van der Waals surface area contributed by atoms with Gasteiger partial charge in [-0.2, -0.15) is 0 Å². The smallest absolute Gasteiger partial charge is 0.222 e. The monoisotopic (exact) mass is 335 g/mol. The average Bonchev–Trinajstić information content (AvgIpc) is 3.36. The van der Waals surface area contributed by atoms with E-state index in [4.69, 9.17) is 4.74 Å². The molecule has 0 aromatic rings. The molecule has 136 valence electrons. The quantitative estimate of drug-likeness (QED) is 0.832. The maximum absolute atomic E-state index is 12.8. The fraction of sp³-hybridized carbons (Fsp3) is 0.947. The zero-order valence-corrected chi connectivity index (χ0v) is 15.0. The van der Waals surface area contributed by atoms with Gasteiger partial charge in [-0.15, -0.1) is 0 Å². The van der Waals surface area contributed by atoms with Crippen molar-refractivity contribution in [1.29, 1.82) is 0 Å². The third-order valence-corrected chi connectivity index (χ3v) is 6.66. The third kappa shape index (κ3) is 3.78. The molecule has 2 aliphatic heterocycles. The number of nitrogens with one attached hydrogen (secondary N) is 1. The first kappa shape index (κ1) is 16.8. The van der Waals surface area contributed by atoms with E-state index in [9.17, 15) is 4.79 Å². The zero-order chi connectivity index (χ0) is 16.4. The summed E-state index contributed by atoms with van der Waals surface area (Å²) in [6, 6.07) is 1.26. The van der Waals surface area contributed by atoms with E-state index in [1.54, 1.807) is 0 Å². The van der Waals surface area contributed by atoms with Crippen LogP contribution in [0.3, 0.4) is 0 Å². The molecule has 2 saturated carbocycles. The van der Waals surface area contributed by atoms with Crippen molar-refractivity contribution in [3.63, 3.8) is 0 Å². The molecular weight excluding hydrogens is 302 g/mol. The number of carbonyl (C=O) groups excluding carboxylic acids is 1. The number of nitrogens with zero attached hydrogens (tertiary/aromatic N) is 2. The van der Waals surface area contributed by atoms with Crippen LogP contribution in [0.5, 0.6) is 0 Å². The molecule has 4 rings (SSSR count). The van der Waals surface area contributed by atoms with Crippen LogP contribution >= 0.6 is 0 Å². The molecule has 0 atom stereocenters. The summed E-state index contributed by atoms with van der Waals surface area (Å²) in [5.41, 5.74) is 0.114. The third-order valence-electron chi connectivity index (χ3n) is 6.66. The van der Waals surface area contributed by atoms with E-state index in [1.165, 1.54) is 51.6 Å². The van der Waals surface area contributed by atoms with E-state index >= 15 is 0 Å². The molecule has 0 bridgehead atoms. The fourth-order valence-corrected chi connectivity index (χ4v) is 5.10. The van der Waals surface area contributed by atoms with Gasteiger partial charge in [0.15, 0.2) is 0 Å². The van der Waals surface area contributed by atoms with E-state index in [0.29, 0.717) is 12.5 Å². The van der Waals surface area contributed by atoms with Crippen molar-refractivity contribution in [2.45, 2.75) is 75.4 Å². The van der Waals surface area contributed by atoms with Crippen LogP contribution in [0.1, 0.15) is 57.8 Å². The molecule has 5 heteroatoms. The standard InChI is InChI=1S/C19H33N3O2/c23-18(20-16-5-9-21(10-6-16)17-3-4-17)15-19(7-1-2-8-19)22-11-13-24-14-12-22/h16-17H,1-15H2,(H,20,23). The molecule has 5 nitrogen and oxygen atoms in total. The zero-order valence-electron chi connectivity index (χ0n) is 15.0. The molecule has 0 radical (unpaired) electrons. The lowest BCUT2D eigenvalue weighted by Crippen LogP contribution is -2.55. The lowest BCUT2D eigenvalue weighted by molar-refractivity contribution is -0.126. The molecule has 4 fully saturated rings. The van der Waals surface area contributed by atoms with Crippen molar-refractivity contribution in [3.05, 3.63) is 0 Å². The first-order chi connectivity index (χ1) is 11.8. The predicted molar refractivity (Wildman–Crippen MR) is 94.0 cm³/mol. The Morgan fingerprint density at radius 2 is 1.67 bits per heavy atom. The van der Waals surface area contributed by atoms with Crippen LogP contribution in [0, 0.1) is 0 Å². The molecule has 0 aromatic carbocycles. The second-order valence-electron chi connectivity index (χ2n) is 8.32. The molecular formula is C19H33N3O2. The van der Waals surface area contributed by atoms with Gasteiger partial charge in [-0.25, -0.2) is 0 Å². The number of rotatable bonds is 5. The van der Waals surface area contributed by atoms with Crippen molar-refractivity contribution in [2.24, 2.45) is 0 Å². The first-order valence-electron chi connectivity index (χ1n) is 10.1. The molecule has 0 aromatic heterocycles. The highest BCUT2D eigenvalue weighted by molar-refractivity contribution is 5.77. The minimum absolute atomic E-state index is 0.114. The topological polar surface area (TPSA) is 44.8 Å². The van der Waals surface area contributed by atoms with Crippen LogP contribution in [-0.2, 0) is 9.53 Å². The summed E-state index contributed by atoms with van der Waals surface area (Å²) in [5, 5.41) is 3.37. The van der Waals surface area contributed by atoms with Gasteiger partial charge >= 0.3 is 0 Å². The predicted octanol–water partition coefficient (Wildman–Crippen LogP) is 1.76. The Hall–Kier alpha value is -0.650. The maximum atomic E-state index is 12.8. The summed E-state index contributed by atoms with van der Waals surface area (Å²) in [6.45, 7) is 5.97. The van der Waals surface area contributed by atoms with Crippen molar-refractivity contribution in [3.8, 4) is 0 Å². The maximum Gasteiger partial charge on any atom is 0.222 e. The average molecular weight is 335 g/mol. The Balaban J connectivity index is 1.29. The highest BCUT2D eigenvalue weighted by Gasteiger charge is 2.42. The number of piperidine rings is 1. The van der Waals surface area contributed by atoms with Gasteiger partial charge in [-0.1, -0.05) is 12.8 Å². The van der Waals surface area contributed by atoms with Crippen LogP contribution in [0.15, 0.2) is 0 Å². The van der Waals surface area contributed by atoms with Gasteiger partial charge in [0.25, 0.3) is 0 Å². The van der Waals surface area contributed by atoms with Crippen LogP contribution in [0.25, 0.3) is 0 Å². The van der Waals surface area contributed by atoms with Crippen LogP contribution < -0.4 is 5.32 Å². The molecule has 2 heterocycles. The second-order valence-corrected chi connectivity index (χ2v) is 8.32. The lowest BCUT2D eigenvalue weighted by Gasteiger charge is -2.43. The van der Waals surface area contributed by atoms with E-state index in [2.05, 4.69) is 15.1 Å². The Labute approximate surface area is 146 Å². The number of likely N-dealkylation sites (tertiary alicyclic amines) is 1. The normalized spacial score (nSPS) is 29.7. The largest absolute Gasteiger partial charge is 0.379 e. The van der Waals surface area contributed by atoms with Crippen LogP contribution in [-0.4, -0.2) is 72.7 Å². The van der Waals surface area contributed by atoms with Gasteiger partial charge in [0, 0.05) is 50.2 Å². The van der Waals surface area contributed by atoms with Crippen LogP contribution in [0.2, 0.25) is 0 Å². The van der Waals surface area contributed by atoms with Crippen molar-refractivity contribution in [2.75, 3.05) is 39.4 Å². The second kappa shape index (κ2) is 7.30. The summed E-state index contributed by atoms with van der Waals surface area (Å²) >= 11 is 0. The Kier molecular flexibility index (Phi) is 5.11. The minimum atomic E-state index is 0.114. The van der Waals surface area contributed by atoms with Crippen molar-refractivity contribution in [1.82, 2.24) is 15.1 Å². The summed E-state index contributed by atoms with van der Waals surface area (Å²) in [6.07, 6.45) is 10.6. The number of ether oxygens (including phenoxy) is 1. The summed E-state index contributed by atoms with van der Waals surface area (Å²) in [5.74, 6) is 0.285. The summed E-state index contributed by atoms with van der Waals surface area (Å²) in [7, 11) is 0. The molecule has 4 aliphatic rings. The molecule has 24 heavy (non-hydrogen) atoms. The van der Waals surface area contributed by atoms with Gasteiger partial charge in [0.2, 0.25) is 5.91 Å². The molecule has 2 saturated heterocycles. The molecule has 0 spiro atoms. The van der Waals surface area contributed by atoms with E-state index in [1.807, 2.05) is 0 Å². The van der Waals surface area contributed by atoms with Crippen LogP contribution in [0.4, 0.5) is 0 Å². The van der Waals surface area contributed by atoms with Gasteiger partial charge in [0.1, 0.15) is 0 Å². The number of carbonyl (C=O) groups is 1. The minimum Gasteiger partial charge on any atom is -0.379 e.